The summed E-state index contributed by atoms with van der Waals surface area (Å²) in [5.74, 6) is 6.30. The molecule has 0 spiro atoms. The van der Waals surface area contributed by atoms with Crippen LogP contribution in [-0.2, 0) is 6.54 Å². The minimum Gasteiger partial charge on any atom is -0.244 e. The number of hydrogen-bond donors (Lipinski definition) is 1. The molecule has 0 aromatic heterocycles. The Balaban J connectivity index is 1.93. The Morgan fingerprint density at radius 3 is 2.35 bits per heavy atom. The first-order chi connectivity index (χ1) is 9.55. The van der Waals surface area contributed by atoms with Crippen molar-refractivity contribution < 1.29 is 4.59 Å². The van der Waals surface area contributed by atoms with Gasteiger partial charge in [0.2, 0.25) is 0 Å². The summed E-state index contributed by atoms with van der Waals surface area (Å²) in [7, 11) is 2.03. The van der Waals surface area contributed by atoms with Crippen molar-refractivity contribution in [1.29, 1.82) is 0 Å². The van der Waals surface area contributed by atoms with E-state index < -0.39 is 0 Å². The Labute approximate surface area is 125 Å². The predicted molar refractivity (Wildman–Crippen MR) is 85.9 cm³/mol. The number of quaternary nitrogens is 1. The smallest absolute Gasteiger partial charge is 0.122 e. The molecule has 0 aliphatic carbocycles. The summed E-state index contributed by atoms with van der Waals surface area (Å²) in [5, 5.41) is 0.755. The fourth-order valence-electron chi connectivity index (χ4n) is 2.07. The molecule has 20 heavy (non-hydrogen) atoms. The minimum atomic E-state index is 0.439. The van der Waals surface area contributed by atoms with Gasteiger partial charge in [0.15, 0.2) is 0 Å². The van der Waals surface area contributed by atoms with E-state index in [2.05, 4.69) is 24.3 Å². The largest absolute Gasteiger partial charge is 0.244 e. The molecule has 0 saturated heterocycles. The SMILES string of the molecule is C[N+](N)(CC=Cc1ccc(Cl)cc1)Cc1ccccc1. The van der Waals surface area contributed by atoms with Gasteiger partial charge in [-0.1, -0.05) is 60.1 Å². The molecule has 104 valence electrons. The molecule has 0 aliphatic rings. The summed E-state index contributed by atoms with van der Waals surface area (Å²) in [6, 6.07) is 18.1. The van der Waals surface area contributed by atoms with E-state index in [0.717, 1.165) is 23.7 Å². The van der Waals surface area contributed by atoms with Gasteiger partial charge in [0, 0.05) is 10.6 Å². The first-order valence-electron chi connectivity index (χ1n) is 6.64. The van der Waals surface area contributed by atoms with Gasteiger partial charge in [-0.3, -0.25) is 0 Å². The Bertz CT molecular complexity index is 559. The summed E-state index contributed by atoms with van der Waals surface area (Å²) in [5.41, 5.74) is 2.38. The normalized spacial score (nSPS) is 14.3. The highest BCUT2D eigenvalue weighted by atomic mass is 35.5. The summed E-state index contributed by atoms with van der Waals surface area (Å²) >= 11 is 5.86. The molecular weight excluding hydrogens is 268 g/mol. The van der Waals surface area contributed by atoms with Crippen LogP contribution in [-0.4, -0.2) is 18.2 Å². The van der Waals surface area contributed by atoms with Crippen molar-refractivity contribution in [3.05, 3.63) is 76.8 Å². The maximum Gasteiger partial charge on any atom is 0.122 e. The van der Waals surface area contributed by atoms with Gasteiger partial charge in [-0.25, -0.2) is 4.59 Å². The van der Waals surface area contributed by atoms with Crippen LogP contribution in [0, 0.1) is 0 Å². The van der Waals surface area contributed by atoms with E-state index in [1.54, 1.807) is 0 Å². The lowest BCUT2D eigenvalue weighted by molar-refractivity contribution is -0.928. The number of benzene rings is 2. The third-order valence-electron chi connectivity index (χ3n) is 3.09. The Morgan fingerprint density at radius 2 is 1.70 bits per heavy atom. The van der Waals surface area contributed by atoms with E-state index in [9.17, 15) is 0 Å². The third-order valence-corrected chi connectivity index (χ3v) is 3.34. The van der Waals surface area contributed by atoms with Gasteiger partial charge in [0.05, 0.1) is 7.05 Å². The van der Waals surface area contributed by atoms with E-state index in [4.69, 9.17) is 17.4 Å². The quantitative estimate of drug-likeness (QED) is 0.504. The molecule has 0 bridgehead atoms. The van der Waals surface area contributed by atoms with Crippen LogP contribution < -0.4 is 5.84 Å². The van der Waals surface area contributed by atoms with Crippen LogP contribution in [0.4, 0.5) is 0 Å². The van der Waals surface area contributed by atoms with Gasteiger partial charge in [0.1, 0.15) is 13.1 Å². The molecule has 2 rings (SSSR count). The number of hydrogen-bond acceptors (Lipinski definition) is 1. The molecule has 1 unspecified atom stereocenters. The van der Waals surface area contributed by atoms with Crippen molar-refractivity contribution in [2.24, 2.45) is 5.84 Å². The highest BCUT2D eigenvalue weighted by Gasteiger charge is 2.14. The van der Waals surface area contributed by atoms with E-state index in [0.29, 0.717) is 4.59 Å². The second-order valence-electron chi connectivity index (χ2n) is 5.26. The van der Waals surface area contributed by atoms with Crippen LogP contribution in [0.2, 0.25) is 5.02 Å². The zero-order chi connectivity index (χ0) is 14.4. The molecule has 0 aliphatic heterocycles. The zero-order valence-corrected chi connectivity index (χ0v) is 12.4. The lowest BCUT2D eigenvalue weighted by atomic mass is 10.2. The number of likely N-dealkylation sites (N-methyl/N-ethyl adjacent to an activating group) is 1. The fourth-order valence-corrected chi connectivity index (χ4v) is 2.19. The maximum absolute atomic E-state index is 6.30. The van der Waals surface area contributed by atoms with Gasteiger partial charge in [-0.05, 0) is 23.8 Å². The summed E-state index contributed by atoms with van der Waals surface area (Å²) in [6.45, 7) is 1.59. The molecule has 2 aromatic rings. The molecule has 2 N–H and O–H groups in total. The van der Waals surface area contributed by atoms with Crippen molar-refractivity contribution >= 4 is 17.7 Å². The number of nitrogens with zero attached hydrogens (tertiary/aromatic N) is 1. The molecule has 1 atom stereocenters. The number of halogens is 1. The molecule has 0 heterocycles. The van der Waals surface area contributed by atoms with E-state index in [1.807, 2.05) is 49.5 Å². The van der Waals surface area contributed by atoms with Crippen LogP contribution in [0.3, 0.4) is 0 Å². The average Bonchev–Trinajstić information content (AvgIpc) is 2.41. The Kier molecular flexibility index (Phi) is 4.96. The fraction of sp³-hybridized carbons (Fsp3) is 0.176. The van der Waals surface area contributed by atoms with Gasteiger partial charge in [-0.2, -0.15) is 5.84 Å². The number of rotatable bonds is 5. The molecule has 2 aromatic carbocycles. The summed E-state index contributed by atoms with van der Waals surface area (Å²) in [4.78, 5) is 0. The van der Waals surface area contributed by atoms with Crippen molar-refractivity contribution in [1.82, 2.24) is 0 Å². The predicted octanol–water partition coefficient (Wildman–Crippen LogP) is 3.87. The standard InChI is InChI=1S/C17H20ClN2/c1-20(19,14-16-6-3-2-4-7-16)13-5-8-15-9-11-17(18)12-10-15/h2-12H,13-14,19H2,1H3/q+1. The molecule has 2 nitrogen and oxygen atoms in total. The molecule has 0 fully saturated rings. The first-order valence-corrected chi connectivity index (χ1v) is 7.02. The lowest BCUT2D eigenvalue weighted by Gasteiger charge is -2.26. The van der Waals surface area contributed by atoms with Crippen molar-refractivity contribution in [3.8, 4) is 0 Å². The maximum atomic E-state index is 6.30. The van der Waals surface area contributed by atoms with Gasteiger partial charge in [0.25, 0.3) is 0 Å². The van der Waals surface area contributed by atoms with E-state index in [-0.39, 0.29) is 0 Å². The minimum absolute atomic E-state index is 0.439. The van der Waals surface area contributed by atoms with Gasteiger partial charge >= 0.3 is 0 Å². The Hall–Kier alpha value is -1.61. The van der Waals surface area contributed by atoms with Gasteiger partial charge < -0.3 is 0 Å². The molecule has 3 heteroatoms. The van der Waals surface area contributed by atoms with Crippen LogP contribution in [0.15, 0.2) is 60.7 Å². The van der Waals surface area contributed by atoms with Crippen LogP contribution in [0.1, 0.15) is 11.1 Å². The van der Waals surface area contributed by atoms with Crippen LogP contribution in [0.25, 0.3) is 6.08 Å². The molecule has 0 amide bonds. The van der Waals surface area contributed by atoms with Crippen molar-refractivity contribution in [2.45, 2.75) is 6.54 Å². The number of nitrogens with two attached hydrogens (primary N) is 1. The molecule has 0 radical (unpaired) electrons. The van der Waals surface area contributed by atoms with Gasteiger partial charge in [-0.15, -0.1) is 0 Å². The summed E-state index contributed by atoms with van der Waals surface area (Å²) in [6.07, 6.45) is 4.18. The first kappa shape index (κ1) is 14.8. The zero-order valence-electron chi connectivity index (χ0n) is 11.7. The Morgan fingerprint density at radius 1 is 1.05 bits per heavy atom. The monoisotopic (exact) mass is 287 g/mol. The highest BCUT2D eigenvalue weighted by molar-refractivity contribution is 6.30. The van der Waals surface area contributed by atoms with Crippen LogP contribution in [0.5, 0.6) is 0 Å². The second kappa shape index (κ2) is 6.71. The second-order valence-corrected chi connectivity index (χ2v) is 5.70. The van der Waals surface area contributed by atoms with Crippen molar-refractivity contribution in [3.63, 3.8) is 0 Å². The van der Waals surface area contributed by atoms with E-state index >= 15 is 0 Å². The topological polar surface area (TPSA) is 26.0 Å². The summed E-state index contributed by atoms with van der Waals surface area (Å²) < 4.78 is 0.439. The lowest BCUT2D eigenvalue weighted by Crippen LogP contribution is -2.49. The van der Waals surface area contributed by atoms with Crippen LogP contribution >= 0.6 is 11.6 Å². The third kappa shape index (κ3) is 4.82. The van der Waals surface area contributed by atoms with Crippen molar-refractivity contribution in [2.75, 3.05) is 13.6 Å². The highest BCUT2D eigenvalue weighted by Crippen LogP contribution is 2.11. The molecule has 0 saturated carbocycles. The van der Waals surface area contributed by atoms with E-state index in [1.165, 1.54) is 5.56 Å². The average molecular weight is 288 g/mol. The molecular formula is C17H20ClN2+.